The molecule has 0 saturated heterocycles. The Bertz CT molecular complexity index is 208. The molecule has 0 heterocycles. The summed E-state index contributed by atoms with van der Waals surface area (Å²) in [4.78, 5) is 0. The molecule has 0 aliphatic rings. The van der Waals surface area contributed by atoms with Gasteiger partial charge >= 0.3 is 0 Å². The molecule has 0 aliphatic carbocycles. The van der Waals surface area contributed by atoms with Gasteiger partial charge in [-0.2, -0.15) is 0 Å². The minimum absolute atomic E-state index is 0.791. The highest BCUT2D eigenvalue weighted by atomic mass is 14.1. The van der Waals surface area contributed by atoms with Crippen LogP contribution in [0.3, 0.4) is 0 Å². The quantitative estimate of drug-likeness (QED) is 0.362. The van der Waals surface area contributed by atoms with Gasteiger partial charge in [0.05, 0.1) is 0 Å². The monoisotopic (exact) mass is 222 g/mol. The third kappa shape index (κ3) is 7.73. The van der Waals surface area contributed by atoms with E-state index in [2.05, 4.69) is 52.8 Å². The first-order chi connectivity index (χ1) is 7.61. The van der Waals surface area contributed by atoms with Crippen molar-refractivity contribution < 1.29 is 0 Å². The second kappa shape index (κ2) is 9.69. The number of hydrogen-bond donors (Lipinski definition) is 0. The van der Waals surface area contributed by atoms with E-state index >= 15 is 0 Å². The van der Waals surface area contributed by atoms with E-state index in [0.717, 1.165) is 18.3 Å². The molecule has 0 saturated carbocycles. The van der Waals surface area contributed by atoms with E-state index in [1.165, 1.54) is 25.7 Å². The second-order valence-electron chi connectivity index (χ2n) is 5.19. The van der Waals surface area contributed by atoms with Gasteiger partial charge in [0.25, 0.3) is 0 Å². The van der Waals surface area contributed by atoms with Crippen LogP contribution in [0.15, 0.2) is 23.8 Å². The molecule has 0 fully saturated rings. The van der Waals surface area contributed by atoms with E-state index in [0.29, 0.717) is 0 Å². The lowest BCUT2D eigenvalue weighted by Gasteiger charge is -2.16. The van der Waals surface area contributed by atoms with Gasteiger partial charge in [-0.05, 0) is 38.0 Å². The average molecular weight is 222 g/mol. The smallest absolute Gasteiger partial charge is 0.0139 e. The van der Waals surface area contributed by atoms with E-state index in [1.807, 2.05) is 0 Å². The van der Waals surface area contributed by atoms with Crippen LogP contribution in [0.5, 0.6) is 0 Å². The summed E-state index contributed by atoms with van der Waals surface area (Å²) in [5.41, 5.74) is 1.59. The zero-order valence-corrected chi connectivity index (χ0v) is 11.9. The molecule has 0 aromatic carbocycles. The van der Waals surface area contributed by atoms with Crippen LogP contribution in [-0.2, 0) is 0 Å². The molecule has 16 heavy (non-hydrogen) atoms. The molecule has 1 atom stereocenters. The van der Waals surface area contributed by atoms with Crippen molar-refractivity contribution in [3.05, 3.63) is 23.8 Å². The van der Waals surface area contributed by atoms with Crippen LogP contribution in [0.1, 0.15) is 66.7 Å². The average Bonchev–Trinajstić information content (AvgIpc) is 2.26. The van der Waals surface area contributed by atoms with Crippen molar-refractivity contribution in [3.63, 3.8) is 0 Å². The highest BCUT2D eigenvalue weighted by Gasteiger charge is 2.08. The van der Waals surface area contributed by atoms with Crippen LogP contribution in [-0.4, -0.2) is 0 Å². The maximum atomic E-state index is 2.36. The number of rotatable bonds is 8. The second-order valence-corrected chi connectivity index (χ2v) is 5.19. The third-order valence-corrected chi connectivity index (χ3v) is 3.40. The number of unbranched alkanes of at least 4 members (excludes halogenated alkanes) is 2. The largest absolute Gasteiger partial charge is 0.0882 e. The number of hydrogen-bond acceptors (Lipinski definition) is 0. The summed E-state index contributed by atoms with van der Waals surface area (Å²) >= 11 is 0. The zero-order chi connectivity index (χ0) is 12.4. The van der Waals surface area contributed by atoms with Gasteiger partial charge in [-0.3, -0.25) is 0 Å². The summed E-state index contributed by atoms with van der Waals surface area (Å²) in [6, 6.07) is 0. The zero-order valence-electron chi connectivity index (χ0n) is 11.9. The van der Waals surface area contributed by atoms with Gasteiger partial charge in [0.2, 0.25) is 0 Å². The maximum absolute atomic E-state index is 2.36. The minimum Gasteiger partial charge on any atom is -0.0882 e. The van der Waals surface area contributed by atoms with Gasteiger partial charge in [0, 0.05) is 0 Å². The molecule has 94 valence electrons. The highest BCUT2D eigenvalue weighted by molar-refractivity contribution is 5.07. The Hall–Kier alpha value is -0.520. The Kier molecular flexibility index (Phi) is 9.37. The fourth-order valence-electron chi connectivity index (χ4n) is 1.64. The lowest BCUT2D eigenvalue weighted by atomic mass is 9.89. The van der Waals surface area contributed by atoms with Crippen molar-refractivity contribution >= 4 is 0 Å². The van der Waals surface area contributed by atoms with Crippen LogP contribution in [0.2, 0.25) is 0 Å². The Labute approximate surface area is 103 Å². The van der Waals surface area contributed by atoms with Crippen LogP contribution >= 0.6 is 0 Å². The first-order valence-electron chi connectivity index (χ1n) is 6.90. The Morgan fingerprint density at radius 1 is 1.12 bits per heavy atom. The van der Waals surface area contributed by atoms with Crippen molar-refractivity contribution in [2.45, 2.75) is 66.7 Å². The van der Waals surface area contributed by atoms with Crippen molar-refractivity contribution in [3.8, 4) is 0 Å². The van der Waals surface area contributed by atoms with Crippen molar-refractivity contribution in [2.24, 2.45) is 11.8 Å². The Morgan fingerprint density at radius 3 is 2.31 bits per heavy atom. The molecule has 0 spiro atoms. The van der Waals surface area contributed by atoms with E-state index in [1.54, 1.807) is 5.57 Å². The van der Waals surface area contributed by atoms with Gasteiger partial charge in [0.1, 0.15) is 0 Å². The van der Waals surface area contributed by atoms with Crippen LogP contribution in [0.4, 0.5) is 0 Å². The minimum atomic E-state index is 0.791. The van der Waals surface area contributed by atoms with Gasteiger partial charge in [0.15, 0.2) is 0 Å². The number of allylic oxidation sites excluding steroid dienone is 4. The third-order valence-electron chi connectivity index (χ3n) is 3.40. The summed E-state index contributed by atoms with van der Waals surface area (Å²) in [6.45, 7) is 11.4. The fraction of sp³-hybridized carbons (Fsp3) is 0.750. The fourth-order valence-corrected chi connectivity index (χ4v) is 1.64. The summed E-state index contributed by atoms with van der Waals surface area (Å²) in [5, 5.41) is 0. The summed E-state index contributed by atoms with van der Waals surface area (Å²) < 4.78 is 0. The standard InChI is InChI=1S/C16H30/c1-6-8-9-10-11-12-16(7-2)13-15(5)14(3)4/h7,10-11,14-15H,6,8-9,12-13H2,1-5H3. The van der Waals surface area contributed by atoms with Crippen molar-refractivity contribution in [1.82, 2.24) is 0 Å². The lowest BCUT2D eigenvalue weighted by molar-refractivity contribution is 0.414. The van der Waals surface area contributed by atoms with Crippen LogP contribution in [0.25, 0.3) is 0 Å². The van der Waals surface area contributed by atoms with Gasteiger partial charge in [-0.1, -0.05) is 64.3 Å². The van der Waals surface area contributed by atoms with E-state index in [9.17, 15) is 0 Å². The molecule has 0 nitrogen and oxygen atoms in total. The molecule has 0 aliphatic heterocycles. The molecular weight excluding hydrogens is 192 g/mol. The molecule has 0 aromatic rings. The van der Waals surface area contributed by atoms with Gasteiger partial charge in [-0.15, -0.1) is 0 Å². The Balaban J connectivity index is 3.89. The molecular formula is C16H30. The molecule has 0 heteroatoms. The van der Waals surface area contributed by atoms with Crippen molar-refractivity contribution in [2.75, 3.05) is 0 Å². The van der Waals surface area contributed by atoms with Crippen molar-refractivity contribution in [1.29, 1.82) is 0 Å². The predicted molar refractivity (Wildman–Crippen MR) is 75.7 cm³/mol. The molecule has 0 N–H and O–H groups in total. The Morgan fingerprint density at radius 2 is 1.81 bits per heavy atom. The molecule has 0 bridgehead atoms. The first kappa shape index (κ1) is 15.5. The molecule has 0 aromatic heterocycles. The molecule has 1 unspecified atom stereocenters. The highest BCUT2D eigenvalue weighted by Crippen LogP contribution is 2.21. The summed E-state index contributed by atoms with van der Waals surface area (Å²) in [6.07, 6.45) is 13.3. The van der Waals surface area contributed by atoms with E-state index in [4.69, 9.17) is 0 Å². The SMILES string of the molecule is CC=C(CC=CCCCC)CC(C)C(C)C. The summed E-state index contributed by atoms with van der Waals surface area (Å²) in [7, 11) is 0. The van der Waals surface area contributed by atoms with Crippen LogP contribution in [0, 0.1) is 11.8 Å². The van der Waals surface area contributed by atoms with Crippen LogP contribution < -0.4 is 0 Å². The van der Waals surface area contributed by atoms with Gasteiger partial charge < -0.3 is 0 Å². The normalized spacial score (nSPS) is 15.0. The van der Waals surface area contributed by atoms with E-state index < -0.39 is 0 Å². The van der Waals surface area contributed by atoms with E-state index in [-0.39, 0.29) is 0 Å². The molecule has 0 rings (SSSR count). The van der Waals surface area contributed by atoms with Gasteiger partial charge in [-0.25, -0.2) is 0 Å². The maximum Gasteiger partial charge on any atom is -0.0139 e. The predicted octanol–water partition coefficient (Wildman–Crippen LogP) is 5.75. The molecule has 0 radical (unpaired) electrons. The molecule has 0 amide bonds. The lowest BCUT2D eigenvalue weighted by Crippen LogP contribution is -2.04. The first-order valence-corrected chi connectivity index (χ1v) is 6.90. The topological polar surface area (TPSA) is 0 Å². The summed E-state index contributed by atoms with van der Waals surface area (Å²) in [5.74, 6) is 1.59.